The van der Waals surface area contributed by atoms with Gasteiger partial charge in [0.05, 0.1) is 17.3 Å². The van der Waals surface area contributed by atoms with E-state index in [1.54, 1.807) is 11.7 Å². The number of rotatable bonds is 2. The molecule has 1 aromatic heterocycles. The number of hydrogen-bond acceptors (Lipinski definition) is 4. The minimum atomic E-state index is -0.0523. The maximum atomic E-state index is 12.5. The van der Waals surface area contributed by atoms with Gasteiger partial charge in [0.2, 0.25) is 0 Å². The Morgan fingerprint density at radius 3 is 2.75 bits per heavy atom. The smallest absolute Gasteiger partial charge is 0.265 e. The molecule has 1 aromatic carbocycles. The van der Waals surface area contributed by atoms with Crippen LogP contribution in [0.4, 0.5) is 0 Å². The Labute approximate surface area is 146 Å². The average molecular weight is 342 g/mol. The fourth-order valence-electron chi connectivity index (χ4n) is 3.98. The Hall–Kier alpha value is -1.72. The van der Waals surface area contributed by atoms with E-state index < -0.39 is 0 Å². The van der Waals surface area contributed by atoms with E-state index in [4.69, 9.17) is 4.74 Å². The summed E-state index contributed by atoms with van der Waals surface area (Å²) < 4.78 is 6.23. The van der Waals surface area contributed by atoms with Crippen molar-refractivity contribution >= 4 is 17.2 Å². The van der Waals surface area contributed by atoms with Gasteiger partial charge in [-0.25, -0.2) is 0 Å². The first-order valence-electron chi connectivity index (χ1n) is 8.62. The van der Waals surface area contributed by atoms with E-state index in [1.165, 1.54) is 16.9 Å². The molecule has 3 heterocycles. The summed E-state index contributed by atoms with van der Waals surface area (Å²) in [5.74, 6) is 0.687. The monoisotopic (exact) mass is 342 g/mol. The van der Waals surface area contributed by atoms with Crippen LogP contribution in [0.2, 0.25) is 0 Å². The molecular formula is C19H22N2O2S. The SMILES string of the molecule is O=C(c1cncs1)N1CCC2(CC1)CC(c1ccccc1)CCO2. The molecule has 5 heteroatoms. The number of benzene rings is 1. The van der Waals surface area contributed by atoms with Crippen molar-refractivity contribution in [3.05, 3.63) is 52.5 Å². The Morgan fingerprint density at radius 2 is 2.04 bits per heavy atom. The minimum Gasteiger partial charge on any atom is -0.375 e. The Bertz CT molecular complexity index is 679. The van der Waals surface area contributed by atoms with E-state index in [0.717, 1.165) is 50.3 Å². The number of nitrogens with zero attached hydrogens (tertiary/aromatic N) is 2. The van der Waals surface area contributed by atoms with Crippen molar-refractivity contribution in [1.29, 1.82) is 0 Å². The number of thiazole rings is 1. The maximum Gasteiger partial charge on any atom is 0.265 e. The molecule has 126 valence electrons. The molecule has 2 saturated heterocycles. The van der Waals surface area contributed by atoms with Crippen LogP contribution in [0.25, 0.3) is 0 Å². The first-order chi connectivity index (χ1) is 11.8. The van der Waals surface area contributed by atoms with Gasteiger partial charge in [-0.2, -0.15) is 0 Å². The minimum absolute atomic E-state index is 0.0523. The molecule has 0 aliphatic carbocycles. The molecule has 4 nitrogen and oxygen atoms in total. The van der Waals surface area contributed by atoms with Crippen LogP contribution in [0.1, 0.15) is 46.8 Å². The molecule has 2 aliphatic rings. The van der Waals surface area contributed by atoms with Crippen molar-refractivity contribution < 1.29 is 9.53 Å². The van der Waals surface area contributed by atoms with Crippen molar-refractivity contribution in [3.63, 3.8) is 0 Å². The standard InChI is InChI=1S/C19H22N2O2S/c22-18(17-13-20-14-24-17)21-9-7-19(8-10-21)12-16(6-11-23-19)15-4-2-1-3-5-15/h1-5,13-14,16H,6-12H2. The first kappa shape index (κ1) is 15.8. The van der Waals surface area contributed by atoms with E-state index in [2.05, 4.69) is 35.3 Å². The molecule has 1 atom stereocenters. The summed E-state index contributed by atoms with van der Waals surface area (Å²) in [5, 5.41) is 0. The van der Waals surface area contributed by atoms with Gasteiger partial charge in [0.1, 0.15) is 4.88 Å². The predicted molar refractivity (Wildman–Crippen MR) is 94.4 cm³/mol. The highest BCUT2D eigenvalue weighted by Gasteiger charge is 2.41. The van der Waals surface area contributed by atoms with Crippen LogP contribution in [-0.4, -0.2) is 41.1 Å². The van der Waals surface area contributed by atoms with Crippen LogP contribution >= 0.6 is 11.3 Å². The number of likely N-dealkylation sites (tertiary alicyclic amines) is 1. The highest BCUT2D eigenvalue weighted by Crippen LogP contribution is 2.41. The molecule has 24 heavy (non-hydrogen) atoms. The van der Waals surface area contributed by atoms with Crippen LogP contribution in [0, 0.1) is 0 Å². The van der Waals surface area contributed by atoms with Gasteiger partial charge in [-0.3, -0.25) is 9.78 Å². The molecule has 2 aromatic rings. The van der Waals surface area contributed by atoms with Crippen molar-refractivity contribution in [2.45, 2.75) is 37.2 Å². The second-order valence-electron chi connectivity index (χ2n) is 6.79. The zero-order chi connectivity index (χ0) is 16.4. The number of carbonyl (C=O) groups is 1. The Morgan fingerprint density at radius 1 is 1.25 bits per heavy atom. The van der Waals surface area contributed by atoms with Gasteiger partial charge in [0, 0.05) is 19.7 Å². The number of hydrogen-bond donors (Lipinski definition) is 0. The number of piperidine rings is 1. The van der Waals surface area contributed by atoms with Gasteiger partial charge in [-0.15, -0.1) is 11.3 Å². The van der Waals surface area contributed by atoms with E-state index in [9.17, 15) is 4.79 Å². The zero-order valence-corrected chi connectivity index (χ0v) is 14.5. The third-order valence-corrected chi connectivity index (χ3v) is 6.13. The lowest BCUT2D eigenvalue weighted by molar-refractivity contribution is -0.113. The molecule has 0 radical (unpaired) electrons. The van der Waals surface area contributed by atoms with Crippen molar-refractivity contribution in [2.75, 3.05) is 19.7 Å². The third-order valence-electron chi connectivity index (χ3n) is 5.37. The van der Waals surface area contributed by atoms with Gasteiger partial charge < -0.3 is 9.64 Å². The zero-order valence-electron chi connectivity index (χ0n) is 13.7. The largest absolute Gasteiger partial charge is 0.375 e. The van der Waals surface area contributed by atoms with Gasteiger partial charge in [-0.05, 0) is 37.2 Å². The summed E-state index contributed by atoms with van der Waals surface area (Å²) in [6.45, 7) is 2.37. The van der Waals surface area contributed by atoms with E-state index in [-0.39, 0.29) is 11.5 Å². The Kier molecular flexibility index (Phi) is 4.37. The summed E-state index contributed by atoms with van der Waals surface area (Å²) >= 11 is 1.42. The highest BCUT2D eigenvalue weighted by atomic mass is 32.1. The Balaban J connectivity index is 1.41. The number of amides is 1. The summed E-state index contributed by atoms with van der Waals surface area (Å²) in [7, 11) is 0. The van der Waals surface area contributed by atoms with Crippen LogP contribution in [0.5, 0.6) is 0 Å². The molecule has 1 unspecified atom stereocenters. The van der Waals surface area contributed by atoms with Gasteiger partial charge in [0.15, 0.2) is 0 Å². The van der Waals surface area contributed by atoms with Crippen LogP contribution < -0.4 is 0 Å². The van der Waals surface area contributed by atoms with Crippen molar-refractivity contribution in [1.82, 2.24) is 9.88 Å². The number of ether oxygens (including phenoxy) is 1. The lowest BCUT2D eigenvalue weighted by Gasteiger charge is -2.46. The average Bonchev–Trinajstić information content (AvgIpc) is 3.17. The second kappa shape index (κ2) is 6.65. The highest BCUT2D eigenvalue weighted by molar-refractivity contribution is 7.11. The molecule has 1 amide bonds. The maximum absolute atomic E-state index is 12.5. The summed E-state index contributed by atoms with van der Waals surface area (Å²) in [5.41, 5.74) is 3.08. The molecule has 4 rings (SSSR count). The van der Waals surface area contributed by atoms with Gasteiger partial charge >= 0.3 is 0 Å². The predicted octanol–water partition coefficient (Wildman–Crippen LogP) is 3.71. The summed E-state index contributed by atoms with van der Waals surface area (Å²) in [4.78, 5) is 19.2. The normalized spacial score (nSPS) is 23.3. The van der Waals surface area contributed by atoms with Gasteiger partial charge in [0.25, 0.3) is 5.91 Å². The van der Waals surface area contributed by atoms with E-state index in [0.29, 0.717) is 5.92 Å². The van der Waals surface area contributed by atoms with Crippen LogP contribution in [0.15, 0.2) is 42.0 Å². The molecule has 2 aliphatic heterocycles. The fraction of sp³-hybridized carbons (Fsp3) is 0.474. The van der Waals surface area contributed by atoms with Crippen LogP contribution in [0.3, 0.4) is 0 Å². The molecule has 2 fully saturated rings. The first-order valence-corrected chi connectivity index (χ1v) is 9.50. The topological polar surface area (TPSA) is 42.4 Å². The number of aromatic nitrogens is 1. The molecule has 0 N–H and O–H groups in total. The van der Waals surface area contributed by atoms with Crippen molar-refractivity contribution in [3.8, 4) is 0 Å². The van der Waals surface area contributed by atoms with E-state index >= 15 is 0 Å². The lowest BCUT2D eigenvalue weighted by Crippen LogP contribution is -2.50. The lowest BCUT2D eigenvalue weighted by atomic mass is 9.77. The molecule has 0 saturated carbocycles. The number of carbonyl (C=O) groups excluding carboxylic acids is 1. The van der Waals surface area contributed by atoms with Crippen molar-refractivity contribution in [2.24, 2.45) is 0 Å². The summed E-state index contributed by atoms with van der Waals surface area (Å²) in [6.07, 6.45) is 5.69. The second-order valence-corrected chi connectivity index (χ2v) is 7.68. The molecular weight excluding hydrogens is 320 g/mol. The quantitative estimate of drug-likeness (QED) is 0.835. The molecule has 1 spiro atoms. The van der Waals surface area contributed by atoms with E-state index in [1.807, 2.05) is 4.90 Å². The van der Waals surface area contributed by atoms with Crippen LogP contribution in [-0.2, 0) is 4.74 Å². The summed E-state index contributed by atoms with van der Waals surface area (Å²) in [6, 6.07) is 10.8. The third kappa shape index (κ3) is 3.10. The van der Waals surface area contributed by atoms with Gasteiger partial charge in [-0.1, -0.05) is 30.3 Å². The molecule has 0 bridgehead atoms. The fourth-order valence-corrected chi connectivity index (χ4v) is 4.57.